The predicted molar refractivity (Wildman–Crippen MR) is 151 cm³/mol. The Hall–Kier alpha value is -5.66. The lowest BCUT2D eigenvalue weighted by Gasteiger charge is -2.08. The van der Waals surface area contributed by atoms with E-state index in [0.717, 1.165) is 38.8 Å². The van der Waals surface area contributed by atoms with Gasteiger partial charge in [0.1, 0.15) is 5.69 Å². The van der Waals surface area contributed by atoms with Crippen molar-refractivity contribution in [1.29, 1.82) is 5.26 Å². The number of amides is 1. The van der Waals surface area contributed by atoms with Crippen molar-refractivity contribution in [2.75, 3.05) is 5.32 Å². The minimum Gasteiger partial charge on any atom is -0.350 e. The number of carbonyl (C=O) groups is 1. The van der Waals surface area contributed by atoms with Gasteiger partial charge >= 0.3 is 0 Å². The molecule has 0 fully saturated rings. The summed E-state index contributed by atoms with van der Waals surface area (Å²) >= 11 is 0. The molecule has 3 aromatic heterocycles. The van der Waals surface area contributed by atoms with Gasteiger partial charge in [-0.25, -0.2) is 9.50 Å². The number of nitriles is 1. The van der Waals surface area contributed by atoms with Crippen molar-refractivity contribution in [3.05, 3.63) is 119 Å². The molecule has 1 N–H and O–H groups in total. The second-order valence-electron chi connectivity index (χ2n) is 9.25. The number of anilines is 1. The second-order valence-corrected chi connectivity index (χ2v) is 9.25. The number of aryl methyl sites for hydroxylation is 2. The zero-order valence-electron chi connectivity index (χ0n) is 21.3. The maximum Gasteiger partial charge on any atom is 0.255 e. The normalized spacial score (nSPS) is 10.7. The first-order chi connectivity index (χ1) is 19.0. The molecule has 0 unspecified atom stereocenters. The van der Waals surface area contributed by atoms with Gasteiger partial charge in [0.2, 0.25) is 0 Å². The Kier molecular flexibility index (Phi) is 5.88. The summed E-state index contributed by atoms with van der Waals surface area (Å²) in [4.78, 5) is 17.5. The molecule has 0 atom stereocenters. The third-order valence-electron chi connectivity index (χ3n) is 6.65. The van der Waals surface area contributed by atoms with Crippen LogP contribution >= 0.6 is 0 Å². The molecular weight excluding hydrogens is 484 g/mol. The van der Waals surface area contributed by atoms with Crippen LogP contribution in [0.4, 0.5) is 5.69 Å². The van der Waals surface area contributed by atoms with E-state index >= 15 is 0 Å². The summed E-state index contributed by atoms with van der Waals surface area (Å²) in [5.74, 6) is 6.08. The number of benzene rings is 3. The van der Waals surface area contributed by atoms with Crippen molar-refractivity contribution in [2.24, 2.45) is 7.05 Å². The number of imidazole rings is 1. The van der Waals surface area contributed by atoms with E-state index < -0.39 is 0 Å². The molecule has 3 aromatic carbocycles. The van der Waals surface area contributed by atoms with E-state index in [1.807, 2.05) is 79.3 Å². The number of hydrogen-bond acceptors (Lipinski definition) is 4. The van der Waals surface area contributed by atoms with Crippen molar-refractivity contribution in [1.82, 2.24) is 19.2 Å². The van der Waals surface area contributed by atoms with Crippen LogP contribution in [0.1, 0.15) is 32.7 Å². The van der Waals surface area contributed by atoms with Gasteiger partial charge in [-0.05, 0) is 72.5 Å². The van der Waals surface area contributed by atoms with Crippen LogP contribution < -0.4 is 5.32 Å². The third-order valence-corrected chi connectivity index (χ3v) is 6.65. The molecule has 0 aliphatic rings. The fourth-order valence-corrected chi connectivity index (χ4v) is 4.60. The molecule has 0 bridgehead atoms. The van der Waals surface area contributed by atoms with Gasteiger partial charge in [-0.2, -0.15) is 10.4 Å². The zero-order valence-corrected chi connectivity index (χ0v) is 21.3. The molecule has 0 saturated carbocycles. The monoisotopic (exact) mass is 506 g/mol. The number of fused-ring (bicyclic) bond motifs is 2. The zero-order chi connectivity index (χ0) is 26.9. The van der Waals surface area contributed by atoms with Crippen molar-refractivity contribution in [3.8, 4) is 29.0 Å². The quantitative estimate of drug-likeness (QED) is 0.311. The van der Waals surface area contributed by atoms with Crippen molar-refractivity contribution in [2.45, 2.75) is 6.92 Å². The Balaban J connectivity index is 1.27. The van der Waals surface area contributed by atoms with E-state index in [1.54, 1.807) is 35.1 Å². The Morgan fingerprint density at radius 3 is 2.77 bits per heavy atom. The van der Waals surface area contributed by atoms with Crippen LogP contribution in [0.15, 0.2) is 91.4 Å². The van der Waals surface area contributed by atoms with Gasteiger partial charge in [0.05, 0.1) is 23.3 Å². The van der Waals surface area contributed by atoms with E-state index in [2.05, 4.69) is 33.3 Å². The third kappa shape index (κ3) is 4.50. The first kappa shape index (κ1) is 23.7. The summed E-state index contributed by atoms with van der Waals surface area (Å²) in [6, 6.07) is 24.8. The number of hydrogen-bond donors (Lipinski definition) is 1. The molecule has 1 amide bonds. The largest absolute Gasteiger partial charge is 0.350 e. The van der Waals surface area contributed by atoms with E-state index in [0.29, 0.717) is 22.5 Å². The summed E-state index contributed by atoms with van der Waals surface area (Å²) in [6.45, 7) is 1.96. The van der Waals surface area contributed by atoms with Gasteiger partial charge in [-0.15, -0.1) is 0 Å². The van der Waals surface area contributed by atoms with Gasteiger partial charge in [-0.3, -0.25) is 4.79 Å². The van der Waals surface area contributed by atoms with Crippen LogP contribution in [0.5, 0.6) is 0 Å². The van der Waals surface area contributed by atoms with Gasteiger partial charge in [0.15, 0.2) is 5.65 Å². The number of aromatic nitrogens is 4. The smallest absolute Gasteiger partial charge is 0.255 e. The van der Waals surface area contributed by atoms with Crippen LogP contribution in [0.3, 0.4) is 0 Å². The fraction of sp³-hybridized carbons (Fsp3) is 0.0625. The lowest BCUT2D eigenvalue weighted by Crippen LogP contribution is -2.12. The molecule has 7 heteroatoms. The van der Waals surface area contributed by atoms with Gasteiger partial charge in [-0.1, -0.05) is 30.2 Å². The number of rotatable bonds is 3. The Morgan fingerprint density at radius 1 is 1.00 bits per heavy atom. The number of nitrogens with zero attached hydrogens (tertiary/aromatic N) is 5. The van der Waals surface area contributed by atoms with E-state index in [4.69, 9.17) is 0 Å². The van der Waals surface area contributed by atoms with Crippen molar-refractivity contribution in [3.63, 3.8) is 0 Å². The van der Waals surface area contributed by atoms with E-state index in [1.165, 1.54) is 0 Å². The minimum atomic E-state index is -0.218. The van der Waals surface area contributed by atoms with Gasteiger partial charge in [0, 0.05) is 47.2 Å². The Labute approximate surface area is 225 Å². The van der Waals surface area contributed by atoms with Gasteiger partial charge in [0.25, 0.3) is 5.91 Å². The topological polar surface area (TPSA) is 88.0 Å². The van der Waals surface area contributed by atoms with Crippen LogP contribution in [-0.4, -0.2) is 25.1 Å². The lowest BCUT2D eigenvalue weighted by atomic mass is 10.0. The standard InChI is InChI=1S/C32H22N6O/c1-21-8-9-25(16-23(21)10-12-27-19-34-31-7-4-14-35-38(27)31)32(39)36-26-11-13-28-29(20-37(2)30(28)17-26)24-6-3-5-22(15-24)18-33/h3-9,11,13-17,19-20H,1-2H3,(H,36,39). The number of nitrogens with one attached hydrogen (secondary N) is 1. The van der Waals surface area contributed by atoms with Crippen LogP contribution in [0.25, 0.3) is 27.7 Å². The molecule has 6 rings (SSSR count). The Bertz CT molecular complexity index is 2010. The molecule has 186 valence electrons. The average molecular weight is 507 g/mol. The predicted octanol–water partition coefficient (Wildman–Crippen LogP) is 5.72. The maximum atomic E-state index is 13.2. The number of carbonyl (C=O) groups excluding carboxylic acids is 1. The summed E-state index contributed by atoms with van der Waals surface area (Å²) in [6.07, 6.45) is 5.42. The summed E-state index contributed by atoms with van der Waals surface area (Å²) in [5.41, 5.74) is 7.94. The second kappa shape index (κ2) is 9.66. The van der Waals surface area contributed by atoms with Crippen molar-refractivity contribution >= 4 is 28.1 Å². The van der Waals surface area contributed by atoms with E-state index in [9.17, 15) is 10.1 Å². The van der Waals surface area contributed by atoms with Crippen molar-refractivity contribution < 1.29 is 4.79 Å². The van der Waals surface area contributed by atoms with E-state index in [-0.39, 0.29) is 5.91 Å². The lowest BCUT2D eigenvalue weighted by molar-refractivity contribution is 0.102. The first-order valence-electron chi connectivity index (χ1n) is 12.3. The molecule has 0 radical (unpaired) electrons. The van der Waals surface area contributed by atoms with Gasteiger partial charge < -0.3 is 9.88 Å². The summed E-state index contributed by atoms with van der Waals surface area (Å²) in [7, 11) is 1.97. The molecule has 39 heavy (non-hydrogen) atoms. The summed E-state index contributed by atoms with van der Waals surface area (Å²) < 4.78 is 3.71. The Morgan fingerprint density at radius 2 is 1.90 bits per heavy atom. The highest BCUT2D eigenvalue weighted by atomic mass is 16.1. The highest BCUT2D eigenvalue weighted by molar-refractivity contribution is 6.06. The molecule has 0 aliphatic heterocycles. The molecule has 7 nitrogen and oxygen atoms in total. The SMILES string of the molecule is Cc1ccc(C(=O)Nc2ccc3c(-c4cccc(C#N)c4)cn(C)c3c2)cc1C#Cc1cnc2cccnn12. The molecular formula is C32H22N6O. The molecule has 0 saturated heterocycles. The van der Waals surface area contributed by atoms with Crippen LogP contribution in [-0.2, 0) is 7.05 Å². The molecule has 0 spiro atoms. The van der Waals surface area contributed by atoms with Crippen LogP contribution in [0.2, 0.25) is 0 Å². The van der Waals surface area contributed by atoms with Crippen LogP contribution in [0, 0.1) is 30.1 Å². The molecule has 6 aromatic rings. The maximum absolute atomic E-state index is 13.2. The molecule has 0 aliphatic carbocycles. The highest BCUT2D eigenvalue weighted by Crippen LogP contribution is 2.32. The molecule has 3 heterocycles. The first-order valence-corrected chi connectivity index (χ1v) is 12.3. The minimum absolute atomic E-state index is 0.218. The average Bonchev–Trinajstić information content (AvgIpc) is 3.53. The fourth-order valence-electron chi connectivity index (χ4n) is 4.60. The summed E-state index contributed by atoms with van der Waals surface area (Å²) in [5, 5.41) is 17.6. The highest BCUT2D eigenvalue weighted by Gasteiger charge is 2.13.